The van der Waals surface area contributed by atoms with E-state index >= 15 is 0 Å². The molecule has 1 saturated heterocycles. The van der Waals surface area contributed by atoms with Crippen LogP contribution < -0.4 is 4.74 Å². The molecule has 2 heterocycles. The number of allylic oxidation sites excluding steroid dienone is 1. The number of aliphatic carboxylic acids is 1. The van der Waals surface area contributed by atoms with Gasteiger partial charge in [0.05, 0.1) is 5.92 Å². The molecule has 1 N–H and O–H groups in total. The van der Waals surface area contributed by atoms with Crippen LogP contribution in [0, 0.1) is 5.92 Å². The first-order chi connectivity index (χ1) is 15.6. The average Bonchev–Trinajstić information content (AvgIpc) is 3.25. The van der Waals surface area contributed by atoms with Crippen molar-refractivity contribution in [2.45, 2.75) is 26.4 Å². The molecule has 2 aromatic carbocycles. The van der Waals surface area contributed by atoms with Gasteiger partial charge >= 0.3 is 5.97 Å². The molecule has 0 spiro atoms. The number of carboxylic acids is 1. The van der Waals surface area contributed by atoms with Gasteiger partial charge in [-0.25, -0.2) is 0 Å². The standard InChI is InChI=1S/C25H25N3O4/c1-16-19(12-28-13-20(14-28)25(29)30)8-7-18-11-21(9-10-22(16)18)31-15-23-26-24(27-32-23)17-5-3-2-4-6-17/h2-6,9-11,20H,7-8,12-15H2,1H3,(H,29,30). The van der Waals surface area contributed by atoms with Gasteiger partial charge in [-0.3, -0.25) is 9.69 Å². The number of benzene rings is 2. The molecular formula is C25H25N3O4. The van der Waals surface area contributed by atoms with E-state index in [1.165, 1.54) is 22.3 Å². The minimum atomic E-state index is -0.690. The van der Waals surface area contributed by atoms with E-state index in [0.717, 1.165) is 30.7 Å². The molecular weight excluding hydrogens is 406 g/mol. The van der Waals surface area contributed by atoms with E-state index in [1.807, 2.05) is 36.4 Å². The van der Waals surface area contributed by atoms with E-state index in [0.29, 0.717) is 24.8 Å². The summed E-state index contributed by atoms with van der Waals surface area (Å²) >= 11 is 0. The van der Waals surface area contributed by atoms with Crippen LogP contribution in [0.1, 0.15) is 30.4 Å². The van der Waals surface area contributed by atoms with Crippen LogP contribution in [0.5, 0.6) is 5.75 Å². The summed E-state index contributed by atoms with van der Waals surface area (Å²) in [5.41, 5.74) is 6.12. The number of hydrogen-bond acceptors (Lipinski definition) is 6. The summed E-state index contributed by atoms with van der Waals surface area (Å²) in [6.45, 7) is 4.53. The average molecular weight is 431 g/mol. The van der Waals surface area contributed by atoms with E-state index in [-0.39, 0.29) is 12.5 Å². The second kappa shape index (κ2) is 8.59. The number of likely N-dealkylation sites (tertiary alicyclic amines) is 1. The van der Waals surface area contributed by atoms with Gasteiger partial charge in [0.15, 0.2) is 6.61 Å². The van der Waals surface area contributed by atoms with Gasteiger partial charge in [-0.1, -0.05) is 47.1 Å². The highest BCUT2D eigenvalue weighted by atomic mass is 16.5. The Bertz CT molecular complexity index is 1160. The maximum absolute atomic E-state index is 11.0. The normalized spacial score (nSPS) is 16.5. The number of nitrogens with zero attached hydrogens (tertiary/aromatic N) is 3. The zero-order valence-electron chi connectivity index (χ0n) is 18.0. The minimum Gasteiger partial charge on any atom is -0.484 e. The minimum absolute atomic E-state index is 0.214. The lowest BCUT2D eigenvalue weighted by Gasteiger charge is -2.38. The topological polar surface area (TPSA) is 88.7 Å². The molecule has 7 heteroatoms. The number of carboxylic acid groups (broad SMARTS) is 1. The molecule has 7 nitrogen and oxygen atoms in total. The molecule has 32 heavy (non-hydrogen) atoms. The van der Waals surface area contributed by atoms with Crippen molar-refractivity contribution in [3.05, 3.63) is 71.1 Å². The predicted octanol–water partition coefficient (Wildman–Crippen LogP) is 4.05. The summed E-state index contributed by atoms with van der Waals surface area (Å²) in [6, 6.07) is 15.9. The van der Waals surface area contributed by atoms with Gasteiger partial charge in [0.2, 0.25) is 5.82 Å². The molecule has 2 aliphatic rings. The van der Waals surface area contributed by atoms with E-state index in [1.54, 1.807) is 0 Å². The van der Waals surface area contributed by atoms with E-state index in [2.05, 4.69) is 34.1 Å². The van der Waals surface area contributed by atoms with E-state index < -0.39 is 5.97 Å². The number of hydrogen-bond donors (Lipinski definition) is 1. The van der Waals surface area contributed by atoms with Gasteiger partial charge in [0.25, 0.3) is 5.89 Å². The molecule has 0 amide bonds. The van der Waals surface area contributed by atoms with Gasteiger partial charge in [-0.15, -0.1) is 0 Å². The molecule has 0 bridgehead atoms. The van der Waals surface area contributed by atoms with Crippen molar-refractivity contribution < 1.29 is 19.2 Å². The van der Waals surface area contributed by atoms with Crippen LogP contribution in [-0.4, -0.2) is 45.8 Å². The Balaban J connectivity index is 1.22. The van der Waals surface area contributed by atoms with E-state index in [4.69, 9.17) is 14.4 Å². The van der Waals surface area contributed by atoms with Crippen molar-refractivity contribution in [3.8, 4) is 17.1 Å². The highest BCUT2D eigenvalue weighted by molar-refractivity contribution is 5.73. The maximum atomic E-state index is 11.0. The van der Waals surface area contributed by atoms with Crippen LogP contribution in [0.4, 0.5) is 0 Å². The third kappa shape index (κ3) is 4.16. The molecule has 1 fully saturated rings. The lowest BCUT2D eigenvalue weighted by atomic mass is 9.85. The van der Waals surface area contributed by atoms with Crippen molar-refractivity contribution >= 4 is 11.5 Å². The van der Waals surface area contributed by atoms with Crippen molar-refractivity contribution in [1.29, 1.82) is 0 Å². The van der Waals surface area contributed by atoms with Crippen molar-refractivity contribution in [2.24, 2.45) is 5.92 Å². The molecule has 0 radical (unpaired) electrons. The Kier molecular flexibility index (Phi) is 5.49. The second-order valence-electron chi connectivity index (χ2n) is 8.44. The van der Waals surface area contributed by atoms with Crippen LogP contribution >= 0.6 is 0 Å². The second-order valence-corrected chi connectivity index (χ2v) is 8.44. The first-order valence-electron chi connectivity index (χ1n) is 10.8. The van der Waals surface area contributed by atoms with Gasteiger partial charge in [-0.05, 0) is 48.6 Å². The quantitative estimate of drug-likeness (QED) is 0.604. The van der Waals surface area contributed by atoms with Gasteiger partial charge < -0.3 is 14.4 Å². The summed E-state index contributed by atoms with van der Waals surface area (Å²) in [5, 5.41) is 13.1. The summed E-state index contributed by atoms with van der Waals surface area (Å²) in [5.74, 6) is 0.875. The molecule has 3 aromatic rings. The molecule has 5 rings (SSSR count). The Labute approximate surface area is 186 Å². The zero-order valence-corrected chi connectivity index (χ0v) is 18.0. The Morgan fingerprint density at radius 1 is 1.19 bits per heavy atom. The van der Waals surface area contributed by atoms with Crippen LogP contribution in [0.2, 0.25) is 0 Å². The number of fused-ring (bicyclic) bond motifs is 1. The van der Waals surface area contributed by atoms with Crippen LogP contribution in [-0.2, 0) is 17.8 Å². The largest absolute Gasteiger partial charge is 0.484 e. The van der Waals surface area contributed by atoms with Crippen LogP contribution in [0.3, 0.4) is 0 Å². The summed E-state index contributed by atoms with van der Waals surface area (Å²) < 4.78 is 11.2. The fraction of sp³-hybridized carbons (Fsp3) is 0.320. The monoisotopic (exact) mass is 431 g/mol. The van der Waals surface area contributed by atoms with Crippen molar-refractivity contribution in [2.75, 3.05) is 19.6 Å². The molecule has 1 aliphatic heterocycles. The summed E-state index contributed by atoms with van der Waals surface area (Å²) in [7, 11) is 0. The lowest BCUT2D eigenvalue weighted by Crippen LogP contribution is -2.50. The SMILES string of the molecule is CC1=C(CN2CC(C(=O)O)C2)CCc2cc(OCc3nc(-c4ccccc4)no3)ccc21. The lowest BCUT2D eigenvalue weighted by molar-refractivity contribution is -0.147. The Morgan fingerprint density at radius 3 is 2.78 bits per heavy atom. The van der Waals surface area contributed by atoms with Crippen molar-refractivity contribution in [3.63, 3.8) is 0 Å². The molecule has 1 aromatic heterocycles. The molecule has 0 unspecified atom stereocenters. The maximum Gasteiger partial charge on any atom is 0.309 e. The fourth-order valence-electron chi connectivity index (χ4n) is 4.38. The fourth-order valence-corrected chi connectivity index (χ4v) is 4.38. The summed E-state index contributed by atoms with van der Waals surface area (Å²) in [6.07, 6.45) is 1.94. The first kappa shape index (κ1) is 20.5. The molecule has 164 valence electrons. The number of rotatable bonds is 7. The van der Waals surface area contributed by atoms with Gasteiger partial charge in [-0.2, -0.15) is 4.98 Å². The molecule has 0 atom stereocenters. The summed E-state index contributed by atoms with van der Waals surface area (Å²) in [4.78, 5) is 17.7. The number of aryl methyl sites for hydroxylation is 1. The third-order valence-electron chi connectivity index (χ3n) is 6.29. The number of ether oxygens (including phenoxy) is 1. The highest BCUT2D eigenvalue weighted by Gasteiger charge is 2.33. The molecule has 0 saturated carbocycles. The van der Waals surface area contributed by atoms with Crippen LogP contribution in [0.25, 0.3) is 17.0 Å². The highest BCUT2D eigenvalue weighted by Crippen LogP contribution is 2.34. The van der Waals surface area contributed by atoms with Gasteiger partial charge in [0, 0.05) is 25.2 Å². The van der Waals surface area contributed by atoms with Crippen LogP contribution in [0.15, 0.2) is 58.6 Å². The van der Waals surface area contributed by atoms with Gasteiger partial charge in [0.1, 0.15) is 5.75 Å². The number of aromatic nitrogens is 2. The zero-order chi connectivity index (χ0) is 22.1. The predicted molar refractivity (Wildman–Crippen MR) is 119 cm³/mol. The van der Waals surface area contributed by atoms with E-state index in [9.17, 15) is 4.79 Å². The smallest absolute Gasteiger partial charge is 0.309 e. The Morgan fingerprint density at radius 2 is 2.00 bits per heavy atom. The first-order valence-corrected chi connectivity index (χ1v) is 10.8. The Hall–Kier alpha value is -3.45. The van der Waals surface area contributed by atoms with Crippen molar-refractivity contribution in [1.82, 2.24) is 15.0 Å². The molecule has 1 aliphatic carbocycles. The third-order valence-corrected chi connectivity index (χ3v) is 6.29. The number of carbonyl (C=O) groups is 1.